The highest BCUT2D eigenvalue weighted by Gasteiger charge is 2.39. The van der Waals surface area contributed by atoms with Gasteiger partial charge < -0.3 is 5.32 Å². The number of carbonyl (C=O) groups is 1. The van der Waals surface area contributed by atoms with Gasteiger partial charge in [-0.25, -0.2) is 4.52 Å². The van der Waals surface area contributed by atoms with Gasteiger partial charge in [0.05, 0.1) is 36.1 Å². The van der Waals surface area contributed by atoms with Gasteiger partial charge >= 0.3 is 0 Å². The fourth-order valence-electron chi connectivity index (χ4n) is 3.53. The predicted molar refractivity (Wildman–Crippen MR) is 106 cm³/mol. The number of pyridine rings is 1. The van der Waals surface area contributed by atoms with Crippen molar-refractivity contribution in [3.63, 3.8) is 0 Å². The van der Waals surface area contributed by atoms with Crippen molar-refractivity contribution in [2.45, 2.75) is 12.0 Å². The molecule has 4 aromatic heterocycles. The lowest BCUT2D eigenvalue weighted by molar-refractivity contribution is 0.102. The lowest BCUT2D eigenvalue weighted by Crippen LogP contribution is -2.60. The van der Waals surface area contributed by atoms with Crippen LogP contribution in [0.4, 0.5) is 5.95 Å². The number of aryl methyl sites for hydroxylation is 1. The van der Waals surface area contributed by atoms with E-state index in [1.54, 1.807) is 28.6 Å². The largest absolute Gasteiger partial charge is 0.312 e. The van der Waals surface area contributed by atoms with E-state index in [1.807, 2.05) is 29.1 Å². The van der Waals surface area contributed by atoms with Crippen LogP contribution in [-0.2, 0) is 12.6 Å². The first-order valence-electron chi connectivity index (χ1n) is 9.37. The van der Waals surface area contributed by atoms with Crippen molar-refractivity contribution in [1.82, 2.24) is 39.5 Å². The third-order valence-corrected chi connectivity index (χ3v) is 5.23. The first kappa shape index (κ1) is 18.0. The van der Waals surface area contributed by atoms with Gasteiger partial charge in [0.2, 0.25) is 5.95 Å². The molecule has 30 heavy (non-hydrogen) atoms. The Balaban J connectivity index is 1.46. The van der Waals surface area contributed by atoms with Gasteiger partial charge in [0, 0.05) is 38.1 Å². The average molecular weight is 402 g/mol. The van der Waals surface area contributed by atoms with Crippen LogP contribution in [0, 0.1) is 11.3 Å². The van der Waals surface area contributed by atoms with Crippen molar-refractivity contribution in [3.05, 3.63) is 48.5 Å². The number of rotatable bonds is 5. The molecule has 5 heterocycles. The van der Waals surface area contributed by atoms with Gasteiger partial charge in [0.15, 0.2) is 5.65 Å². The number of hydrogen-bond donors (Lipinski definition) is 2. The normalized spacial score (nSPS) is 14.9. The van der Waals surface area contributed by atoms with Crippen LogP contribution in [-0.4, -0.2) is 53.2 Å². The number of aromatic nitrogens is 7. The maximum Gasteiger partial charge on any atom is 0.261 e. The maximum atomic E-state index is 12.4. The van der Waals surface area contributed by atoms with Gasteiger partial charge in [-0.1, -0.05) is 6.07 Å². The molecule has 4 aromatic rings. The molecule has 1 amide bonds. The van der Waals surface area contributed by atoms with Gasteiger partial charge in [-0.3, -0.25) is 19.5 Å². The van der Waals surface area contributed by atoms with Crippen LogP contribution in [0.3, 0.4) is 0 Å². The molecule has 1 aliphatic heterocycles. The molecular formula is C19H18N10O. The SMILES string of the molecule is Cn1cc(C(=O)Nc2nc3cccc(-c4cnn(C5(CC#N)CNC5)c4)n3n2)cn1. The summed E-state index contributed by atoms with van der Waals surface area (Å²) >= 11 is 0. The van der Waals surface area contributed by atoms with Crippen molar-refractivity contribution in [3.8, 4) is 17.3 Å². The van der Waals surface area contributed by atoms with E-state index in [0.717, 1.165) is 11.3 Å². The Labute approximate surface area is 170 Å². The highest BCUT2D eigenvalue weighted by atomic mass is 16.1. The monoisotopic (exact) mass is 402 g/mol. The fourth-order valence-corrected chi connectivity index (χ4v) is 3.53. The van der Waals surface area contributed by atoms with Gasteiger partial charge in [-0.05, 0) is 12.1 Å². The second-order valence-corrected chi connectivity index (χ2v) is 7.31. The summed E-state index contributed by atoms with van der Waals surface area (Å²) in [5.41, 5.74) is 2.34. The van der Waals surface area contributed by atoms with Crippen molar-refractivity contribution >= 4 is 17.5 Å². The van der Waals surface area contributed by atoms with Crippen LogP contribution in [0.2, 0.25) is 0 Å². The summed E-state index contributed by atoms with van der Waals surface area (Å²) in [6.45, 7) is 1.42. The number of hydrogen-bond acceptors (Lipinski definition) is 7. The number of nitrogens with one attached hydrogen (secondary N) is 2. The summed E-state index contributed by atoms with van der Waals surface area (Å²) in [5.74, 6) is -0.128. The third kappa shape index (κ3) is 2.90. The topological polar surface area (TPSA) is 131 Å². The predicted octanol–water partition coefficient (Wildman–Crippen LogP) is 0.791. The number of fused-ring (bicyclic) bond motifs is 1. The minimum absolute atomic E-state index is 0.202. The minimum Gasteiger partial charge on any atom is -0.312 e. The summed E-state index contributed by atoms with van der Waals surface area (Å²) in [6.07, 6.45) is 7.16. The van der Waals surface area contributed by atoms with Gasteiger partial charge in [-0.15, -0.1) is 5.10 Å². The van der Waals surface area contributed by atoms with Gasteiger partial charge in [-0.2, -0.15) is 20.4 Å². The molecule has 0 spiro atoms. The smallest absolute Gasteiger partial charge is 0.261 e. The lowest BCUT2D eigenvalue weighted by Gasteiger charge is -2.41. The zero-order chi connectivity index (χ0) is 20.7. The van der Waals surface area contributed by atoms with Crippen LogP contribution < -0.4 is 10.6 Å². The molecule has 0 radical (unpaired) electrons. The molecule has 5 rings (SSSR count). The first-order valence-corrected chi connectivity index (χ1v) is 9.37. The number of amides is 1. The fraction of sp³-hybridized carbons (Fsp3) is 0.263. The van der Waals surface area contributed by atoms with E-state index in [0.29, 0.717) is 30.7 Å². The van der Waals surface area contributed by atoms with Crippen molar-refractivity contribution in [2.75, 3.05) is 18.4 Å². The maximum absolute atomic E-state index is 12.4. The van der Waals surface area contributed by atoms with E-state index in [2.05, 4.69) is 37.0 Å². The zero-order valence-corrected chi connectivity index (χ0v) is 16.1. The van der Waals surface area contributed by atoms with Crippen LogP contribution in [0.15, 0.2) is 43.0 Å². The molecule has 1 fully saturated rings. The molecule has 0 aromatic carbocycles. The van der Waals surface area contributed by atoms with Crippen molar-refractivity contribution < 1.29 is 4.79 Å². The molecule has 1 saturated heterocycles. The Morgan fingerprint density at radius 3 is 2.87 bits per heavy atom. The van der Waals surface area contributed by atoms with E-state index in [9.17, 15) is 10.1 Å². The molecule has 0 bridgehead atoms. The number of anilines is 1. The number of carbonyl (C=O) groups excluding carboxylic acids is 1. The molecule has 2 N–H and O–H groups in total. The number of nitriles is 1. The Morgan fingerprint density at radius 2 is 2.17 bits per heavy atom. The Kier molecular flexibility index (Phi) is 4.07. The zero-order valence-electron chi connectivity index (χ0n) is 16.1. The first-order chi connectivity index (χ1) is 14.6. The van der Waals surface area contributed by atoms with Gasteiger partial charge in [0.1, 0.15) is 5.54 Å². The molecule has 11 nitrogen and oxygen atoms in total. The molecule has 0 aliphatic carbocycles. The molecule has 11 heteroatoms. The van der Waals surface area contributed by atoms with Crippen molar-refractivity contribution in [1.29, 1.82) is 5.26 Å². The standard InChI is InChI=1S/C19H18N10O/c1-27-9-14(8-22-27)17(30)25-18-24-16-4-2-3-15(29(16)26-18)13-7-23-28(10-13)19(5-6-20)11-21-12-19/h2-4,7-10,21H,5,11-12H2,1H3,(H,25,26,30). The molecule has 150 valence electrons. The second kappa shape index (κ2) is 6.78. The van der Waals surface area contributed by atoms with Crippen LogP contribution >= 0.6 is 0 Å². The van der Waals surface area contributed by atoms with Crippen molar-refractivity contribution in [2.24, 2.45) is 7.05 Å². The van der Waals surface area contributed by atoms with E-state index in [4.69, 9.17) is 0 Å². The Bertz CT molecular complexity index is 1290. The van der Waals surface area contributed by atoms with Crippen LogP contribution in [0.5, 0.6) is 0 Å². The molecule has 0 unspecified atom stereocenters. The van der Waals surface area contributed by atoms with E-state index in [-0.39, 0.29) is 17.4 Å². The van der Waals surface area contributed by atoms with E-state index < -0.39 is 0 Å². The molecule has 1 aliphatic rings. The Morgan fingerprint density at radius 1 is 1.30 bits per heavy atom. The molecular weight excluding hydrogens is 384 g/mol. The minimum atomic E-state index is -0.329. The molecule has 0 atom stereocenters. The van der Waals surface area contributed by atoms with Crippen LogP contribution in [0.25, 0.3) is 16.9 Å². The quantitative estimate of drug-likeness (QED) is 0.505. The summed E-state index contributed by atoms with van der Waals surface area (Å²) in [7, 11) is 1.74. The number of nitrogens with zero attached hydrogens (tertiary/aromatic N) is 8. The summed E-state index contributed by atoms with van der Waals surface area (Å²) in [6, 6.07) is 7.85. The van der Waals surface area contributed by atoms with E-state index in [1.165, 1.54) is 6.20 Å². The average Bonchev–Trinajstić information content (AvgIpc) is 3.43. The molecule has 0 saturated carbocycles. The van der Waals surface area contributed by atoms with Gasteiger partial charge in [0.25, 0.3) is 5.91 Å². The summed E-state index contributed by atoms with van der Waals surface area (Å²) in [5, 5.41) is 28.0. The Hall–Kier alpha value is -4.04. The van der Waals surface area contributed by atoms with E-state index >= 15 is 0 Å². The lowest BCUT2D eigenvalue weighted by atomic mass is 9.89. The van der Waals surface area contributed by atoms with Crippen LogP contribution in [0.1, 0.15) is 16.8 Å². The second-order valence-electron chi connectivity index (χ2n) is 7.31. The summed E-state index contributed by atoms with van der Waals surface area (Å²) < 4.78 is 5.07. The highest BCUT2D eigenvalue weighted by Crippen LogP contribution is 2.28. The summed E-state index contributed by atoms with van der Waals surface area (Å²) in [4.78, 5) is 16.8. The highest BCUT2D eigenvalue weighted by molar-refractivity contribution is 6.03. The third-order valence-electron chi connectivity index (χ3n) is 5.23.